The maximum Gasteiger partial charge on any atom is 0.227 e. The lowest BCUT2D eigenvalue weighted by Crippen LogP contribution is -2.21. The average molecular weight is 374 g/mol. The van der Waals surface area contributed by atoms with E-state index in [-0.39, 0.29) is 11.8 Å². The van der Waals surface area contributed by atoms with Crippen molar-refractivity contribution >= 4 is 11.6 Å². The van der Waals surface area contributed by atoms with Gasteiger partial charge in [-0.3, -0.25) is 4.79 Å². The van der Waals surface area contributed by atoms with Gasteiger partial charge in [0.15, 0.2) is 0 Å². The van der Waals surface area contributed by atoms with Gasteiger partial charge in [0.05, 0.1) is 18.5 Å². The minimum absolute atomic E-state index is 0.0579. The third-order valence-electron chi connectivity index (χ3n) is 4.94. The van der Waals surface area contributed by atoms with E-state index in [9.17, 15) is 4.79 Å². The normalized spacial score (nSPS) is 10.7. The summed E-state index contributed by atoms with van der Waals surface area (Å²) in [5, 5.41) is 3.00. The summed E-state index contributed by atoms with van der Waals surface area (Å²) in [5.74, 6) is 0.964. The summed E-state index contributed by atoms with van der Waals surface area (Å²) < 4.78 is 5.22. The third kappa shape index (κ3) is 4.58. The molecule has 0 saturated carbocycles. The molecule has 3 aromatic rings. The van der Waals surface area contributed by atoms with Gasteiger partial charge in [-0.2, -0.15) is 0 Å². The SMILES string of the molecule is CCC(CC)C(=O)Nc1ccc(-c2cccc(-c3ccc(OC)cc3)n2)cc1. The first-order valence-corrected chi connectivity index (χ1v) is 9.67. The Bertz CT molecular complexity index is 914. The summed E-state index contributed by atoms with van der Waals surface area (Å²) in [6, 6.07) is 21.7. The summed E-state index contributed by atoms with van der Waals surface area (Å²) in [4.78, 5) is 17.0. The molecule has 3 rings (SSSR count). The molecule has 0 fully saturated rings. The highest BCUT2D eigenvalue weighted by molar-refractivity contribution is 5.92. The van der Waals surface area contributed by atoms with E-state index in [1.807, 2.05) is 80.6 Å². The lowest BCUT2D eigenvalue weighted by atomic mass is 10.0. The highest BCUT2D eigenvalue weighted by atomic mass is 16.5. The zero-order valence-electron chi connectivity index (χ0n) is 16.6. The van der Waals surface area contributed by atoms with Gasteiger partial charge >= 0.3 is 0 Å². The van der Waals surface area contributed by atoms with E-state index < -0.39 is 0 Å². The van der Waals surface area contributed by atoms with Crippen LogP contribution in [0.4, 0.5) is 5.69 Å². The van der Waals surface area contributed by atoms with Crippen molar-refractivity contribution < 1.29 is 9.53 Å². The molecule has 1 amide bonds. The van der Waals surface area contributed by atoms with E-state index in [4.69, 9.17) is 9.72 Å². The number of ether oxygens (including phenoxy) is 1. The van der Waals surface area contributed by atoms with Crippen molar-refractivity contribution in [2.75, 3.05) is 12.4 Å². The fourth-order valence-electron chi connectivity index (χ4n) is 3.15. The number of amides is 1. The van der Waals surface area contributed by atoms with Crippen LogP contribution in [0.25, 0.3) is 22.5 Å². The number of nitrogens with one attached hydrogen (secondary N) is 1. The molecule has 1 N–H and O–H groups in total. The molecule has 1 aromatic heterocycles. The molecule has 4 nitrogen and oxygen atoms in total. The van der Waals surface area contributed by atoms with Crippen LogP contribution in [0, 0.1) is 5.92 Å². The van der Waals surface area contributed by atoms with Gasteiger partial charge in [-0.05, 0) is 61.4 Å². The standard InChI is InChI=1S/C24H26N2O2/c1-4-17(5-2)24(27)25-20-13-9-18(10-14-20)22-7-6-8-23(26-22)19-11-15-21(28-3)16-12-19/h6-17H,4-5H2,1-3H3,(H,25,27). The van der Waals surface area contributed by atoms with Crippen LogP contribution in [0.2, 0.25) is 0 Å². The summed E-state index contributed by atoms with van der Waals surface area (Å²) in [5.41, 5.74) is 4.66. The molecule has 4 heteroatoms. The molecule has 0 bridgehead atoms. The summed E-state index contributed by atoms with van der Waals surface area (Å²) >= 11 is 0. The first-order valence-electron chi connectivity index (χ1n) is 9.67. The van der Waals surface area contributed by atoms with E-state index in [2.05, 4.69) is 5.32 Å². The van der Waals surface area contributed by atoms with Crippen molar-refractivity contribution in [2.24, 2.45) is 5.92 Å². The maximum absolute atomic E-state index is 12.2. The number of rotatable bonds is 7. The minimum atomic E-state index is 0.0579. The predicted octanol–water partition coefficient (Wildman–Crippen LogP) is 5.80. The summed E-state index contributed by atoms with van der Waals surface area (Å²) in [6.07, 6.45) is 1.70. The number of anilines is 1. The quantitative estimate of drug-likeness (QED) is 0.569. The molecule has 0 aliphatic heterocycles. The third-order valence-corrected chi connectivity index (χ3v) is 4.94. The zero-order valence-corrected chi connectivity index (χ0v) is 16.6. The molecule has 0 unspecified atom stereocenters. The van der Waals surface area contributed by atoms with E-state index in [0.717, 1.165) is 46.8 Å². The van der Waals surface area contributed by atoms with E-state index >= 15 is 0 Å². The van der Waals surface area contributed by atoms with Gasteiger partial charge in [-0.1, -0.05) is 32.0 Å². The Morgan fingerprint density at radius 3 is 1.93 bits per heavy atom. The van der Waals surface area contributed by atoms with Crippen LogP contribution >= 0.6 is 0 Å². The van der Waals surface area contributed by atoms with Crippen molar-refractivity contribution in [2.45, 2.75) is 26.7 Å². The first kappa shape index (κ1) is 19.6. The molecule has 0 aliphatic carbocycles. The van der Waals surface area contributed by atoms with Gasteiger partial charge in [0, 0.05) is 22.7 Å². The molecule has 0 spiro atoms. The van der Waals surface area contributed by atoms with E-state index in [1.165, 1.54) is 0 Å². The first-order chi connectivity index (χ1) is 13.6. The molecule has 1 heterocycles. The smallest absolute Gasteiger partial charge is 0.227 e. The van der Waals surface area contributed by atoms with Gasteiger partial charge in [-0.15, -0.1) is 0 Å². The second kappa shape index (κ2) is 9.18. The molecule has 2 aromatic carbocycles. The molecule has 144 valence electrons. The zero-order chi connectivity index (χ0) is 19.9. The molecular weight excluding hydrogens is 348 g/mol. The van der Waals surface area contributed by atoms with Gasteiger partial charge in [-0.25, -0.2) is 4.98 Å². The van der Waals surface area contributed by atoms with Crippen molar-refractivity contribution in [3.05, 3.63) is 66.7 Å². The Kier molecular flexibility index (Phi) is 6.43. The molecule has 28 heavy (non-hydrogen) atoms. The Balaban J connectivity index is 1.77. The summed E-state index contributed by atoms with van der Waals surface area (Å²) in [7, 11) is 1.66. The van der Waals surface area contributed by atoms with Crippen LogP contribution < -0.4 is 10.1 Å². The van der Waals surface area contributed by atoms with Crippen LogP contribution in [-0.4, -0.2) is 18.0 Å². The van der Waals surface area contributed by atoms with E-state index in [0.29, 0.717) is 0 Å². The highest BCUT2D eigenvalue weighted by Gasteiger charge is 2.14. The van der Waals surface area contributed by atoms with Crippen molar-refractivity contribution in [1.82, 2.24) is 4.98 Å². The number of carbonyl (C=O) groups excluding carboxylic acids is 1. The van der Waals surface area contributed by atoms with Gasteiger partial charge in [0.25, 0.3) is 0 Å². The Morgan fingerprint density at radius 1 is 0.893 bits per heavy atom. The lowest BCUT2D eigenvalue weighted by Gasteiger charge is -2.13. The lowest BCUT2D eigenvalue weighted by molar-refractivity contribution is -0.120. The number of carbonyl (C=O) groups is 1. The number of hydrogen-bond acceptors (Lipinski definition) is 3. The monoisotopic (exact) mass is 374 g/mol. The molecular formula is C24H26N2O2. The molecule has 0 aliphatic rings. The predicted molar refractivity (Wildman–Crippen MR) is 114 cm³/mol. The van der Waals surface area contributed by atoms with Crippen LogP contribution in [0.5, 0.6) is 5.75 Å². The Hall–Kier alpha value is -3.14. The largest absolute Gasteiger partial charge is 0.497 e. The van der Waals surface area contributed by atoms with Crippen molar-refractivity contribution in [3.63, 3.8) is 0 Å². The topological polar surface area (TPSA) is 51.2 Å². The number of hydrogen-bond donors (Lipinski definition) is 1. The van der Waals surface area contributed by atoms with Crippen molar-refractivity contribution in [3.8, 4) is 28.3 Å². The van der Waals surface area contributed by atoms with Crippen LogP contribution in [-0.2, 0) is 4.79 Å². The molecule has 0 radical (unpaired) electrons. The number of benzene rings is 2. The number of nitrogens with zero attached hydrogens (tertiary/aromatic N) is 1. The van der Waals surface area contributed by atoms with Gasteiger partial charge in [0.2, 0.25) is 5.91 Å². The fraction of sp³-hybridized carbons (Fsp3) is 0.250. The second-order valence-electron chi connectivity index (χ2n) is 6.72. The second-order valence-corrected chi connectivity index (χ2v) is 6.72. The number of methoxy groups -OCH3 is 1. The molecule has 0 saturated heterocycles. The van der Waals surface area contributed by atoms with E-state index in [1.54, 1.807) is 7.11 Å². The molecule has 0 atom stereocenters. The number of pyridine rings is 1. The minimum Gasteiger partial charge on any atom is -0.497 e. The van der Waals surface area contributed by atoms with Crippen LogP contribution in [0.1, 0.15) is 26.7 Å². The Labute approximate surface area is 166 Å². The average Bonchev–Trinajstić information content (AvgIpc) is 2.75. The maximum atomic E-state index is 12.2. The Morgan fingerprint density at radius 2 is 1.43 bits per heavy atom. The van der Waals surface area contributed by atoms with Gasteiger partial charge in [0.1, 0.15) is 5.75 Å². The van der Waals surface area contributed by atoms with Crippen LogP contribution in [0.15, 0.2) is 66.7 Å². The summed E-state index contributed by atoms with van der Waals surface area (Å²) in [6.45, 7) is 4.08. The highest BCUT2D eigenvalue weighted by Crippen LogP contribution is 2.25. The number of aromatic nitrogens is 1. The van der Waals surface area contributed by atoms with Crippen LogP contribution in [0.3, 0.4) is 0 Å². The fourth-order valence-corrected chi connectivity index (χ4v) is 3.15. The van der Waals surface area contributed by atoms with Crippen molar-refractivity contribution in [1.29, 1.82) is 0 Å². The van der Waals surface area contributed by atoms with Gasteiger partial charge < -0.3 is 10.1 Å².